The standard InChI is InChI=1S/C23H29N3O4S2/c1-16-13-17(2)22-20(14-16)24-23(31-22)26(12-6-11-25(3)4)21(27)15-32(28,29)19-9-7-18(30-5)8-10-19/h7-10,13-14H,6,11-12,15H2,1-5H3. The van der Waals surface area contributed by atoms with Crippen molar-refractivity contribution >= 4 is 42.4 Å². The van der Waals surface area contributed by atoms with Crippen LogP contribution in [-0.4, -0.2) is 64.3 Å². The van der Waals surface area contributed by atoms with Crippen LogP contribution in [0.5, 0.6) is 5.75 Å². The Kier molecular flexibility index (Phi) is 7.53. The van der Waals surface area contributed by atoms with Gasteiger partial charge in [0.2, 0.25) is 5.91 Å². The first kappa shape index (κ1) is 24.2. The fraction of sp³-hybridized carbons (Fsp3) is 0.391. The van der Waals surface area contributed by atoms with Gasteiger partial charge in [0, 0.05) is 6.54 Å². The molecule has 0 atom stereocenters. The van der Waals surface area contributed by atoms with Crippen LogP contribution in [0.3, 0.4) is 0 Å². The molecule has 0 saturated heterocycles. The molecule has 0 aliphatic carbocycles. The van der Waals surface area contributed by atoms with Gasteiger partial charge in [-0.25, -0.2) is 13.4 Å². The van der Waals surface area contributed by atoms with Crippen molar-refractivity contribution in [2.24, 2.45) is 0 Å². The van der Waals surface area contributed by atoms with E-state index in [2.05, 4.69) is 11.1 Å². The molecule has 0 aliphatic rings. The topological polar surface area (TPSA) is 79.8 Å². The summed E-state index contributed by atoms with van der Waals surface area (Å²) >= 11 is 1.42. The fourth-order valence-corrected chi connectivity index (χ4v) is 5.72. The smallest absolute Gasteiger partial charge is 0.244 e. The number of aryl methyl sites for hydroxylation is 2. The molecule has 7 nitrogen and oxygen atoms in total. The van der Waals surface area contributed by atoms with Crippen molar-refractivity contribution in [1.82, 2.24) is 9.88 Å². The van der Waals surface area contributed by atoms with Gasteiger partial charge in [0.15, 0.2) is 15.0 Å². The zero-order valence-electron chi connectivity index (χ0n) is 19.1. The molecule has 0 N–H and O–H groups in total. The molecule has 0 saturated carbocycles. The Bertz CT molecular complexity index is 1200. The summed E-state index contributed by atoms with van der Waals surface area (Å²) in [6, 6.07) is 10.1. The van der Waals surface area contributed by atoms with E-state index in [1.807, 2.05) is 38.9 Å². The highest BCUT2D eigenvalue weighted by molar-refractivity contribution is 7.92. The van der Waals surface area contributed by atoms with Crippen LogP contribution in [0.1, 0.15) is 17.5 Å². The number of benzene rings is 2. The van der Waals surface area contributed by atoms with E-state index < -0.39 is 21.5 Å². The van der Waals surface area contributed by atoms with E-state index in [1.165, 1.54) is 35.5 Å². The lowest BCUT2D eigenvalue weighted by molar-refractivity contribution is -0.116. The third-order valence-corrected chi connectivity index (χ3v) is 7.91. The molecule has 1 aromatic heterocycles. The second kappa shape index (κ2) is 9.97. The van der Waals surface area contributed by atoms with Crippen LogP contribution < -0.4 is 9.64 Å². The first-order valence-electron chi connectivity index (χ1n) is 10.3. The number of aromatic nitrogens is 1. The molecule has 3 rings (SSSR count). The molecular formula is C23H29N3O4S2. The minimum atomic E-state index is -3.80. The van der Waals surface area contributed by atoms with Crippen molar-refractivity contribution in [2.75, 3.05) is 44.9 Å². The van der Waals surface area contributed by atoms with Crippen LogP contribution >= 0.6 is 11.3 Å². The molecule has 0 bridgehead atoms. The highest BCUT2D eigenvalue weighted by Crippen LogP contribution is 2.32. The third-order valence-electron chi connectivity index (χ3n) is 5.06. The second-order valence-electron chi connectivity index (χ2n) is 8.06. The monoisotopic (exact) mass is 475 g/mol. The molecule has 0 unspecified atom stereocenters. The Labute approximate surface area is 193 Å². The molecule has 3 aromatic rings. The number of hydrogen-bond donors (Lipinski definition) is 0. The van der Waals surface area contributed by atoms with Gasteiger partial charge in [-0.2, -0.15) is 0 Å². The van der Waals surface area contributed by atoms with Crippen LogP contribution in [0.4, 0.5) is 5.13 Å². The lowest BCUT2D eigenvalue weighted by Crippen LogP contribution is -2.37. The van der Waals surface area contributed by atoms with Crippen LogP contribution in [0.25, 0.3) is 10.2 Å². The SMILES string of the molecule is COc1ccc(S(=O)(=O)CC(=O)N(CCCN(C)C)c2nc3cc(C)cc(C)c3s2)cc1. The number of thiazole rings is 1. The van der Waals surface area contributed by atoms with E-state index >= 15 is 0 Å². The maximum absolute atomic E-state index is 13.2. The summed E-state index contributed by atoms with van der Waals surface area (Å²) in [5.74, 6) is -0.538. The van der Waals surface area contributed by atoms with E-state index in [9.17, 15) is 13.2 Å². The molecule has 172 valence electrons. The Morgan fingerprint density at radius 3 is 2.41 bits per heavy atom. The van der Waals surface area contributed by atoms with Crippen LogP contribution in [0.15, 0.2) is 41.3 Å². The van der Waals surface area contributed by atoms with E-state index in [1.54, 1.807) is 12.1 Å². The summed E-state index contributed by atoms with van der Waals surface area (Å²) in [5, 5.41) is 0.530. The maximum Gasteiger partial charge on any atom is 0.244 e. The normalized spacial score (nSPS) is 11.8. The summed E-state index contributed by atoms with van der Waals surface area (Å²) < 4.78 is 31.9. The van der Waals surface area contributed by atoms with E-state index in [0.29, 0.717) is 23.8 Å². The van der Waals surface area contributed by atoms with Crippen molar-refractivity contribution in [3.05, 3.63) is 47.5 Å². The predicted octanol–water partition coefficient (Wildman–Crippen LogP) is 3.68. The number of rotatable bonds is 9. The second-order valence-corrected chi connectivity index (χ2v) is 11.0. The number of fused-ring (bicyclic) bond motifs is 1. The molecule has 0 radical (unpaired) electrons. The number of hydrogen-bond acceptors (Lipinski definition) is 7. The number of sulfone groups is 1. The molecule has 9 heteroatoms. The summed E-state index contributed by atoms with van der Waals surface area (Å²) in [6.45, 7) is 5.20. The van der Waals surface area contributed by atoms with Crippen molar-refractivity contribution < 1.29 is 17.9 Å². The molecule has 32 heavy (non-hydrogen) atoms. The fourth-order valence-electron chi connectivity index (χ4n) is 3.46. The first-order valence-corrected chi connectivity index (χ1v) is 12.8. The van der Waals surface area contributed by atoms with E-state index in [0.717, 1.165) is 27.9 Å². The quantitative estimate of drug-likeness (QED) is 0.470. The molecule has 1 heterocycles. The summed E-state index contributed by atoms with van der Waals surface area (Å²) in [6.07, 6.45) is 0.704. The van der Waals surface area contributed by atoms with E-state index in [-0.39, 0.29) is 4.90 Å². The Morgan fingerprint density at radius 1 is 1.09 bits per heavy atom. The lowest BCUT2D eigenvalue weighted by atomic mass is 10.1. The lowest BCUT2D eigenvalue weighted by Gasteiger charge is -2.21. The van der Waals surface area contributed by atoms with Crippen molar-refractivity contribution in [1.29, 1.82) is 0 Å². The molecule has 2 aromatic carbocycles. The number of nitrogens with zero attached hydrogens (tertiary/aromatic N) is 3. The van der Waals surface area contributed by atoms with Crippen molar-refractivity contribution in [2.45, 2.75) is 25.2 Å². The minimum Gasteiger partial charge on any atom is -0.497 e. The largest absolute Gasteiger partial charge is 0.497 e. The molecule has 1 amide bonds. The van der Waals surface area contributed by atoms with Gasteiger partial charge >= 0.3 is 0 Å². The van der Waals surface area contributed by atoms with Crippen molar-refractivity contribution in [3.63, 3.8) is 0 Å². The van der Waals surface area contributed by atoms with Gasteiger partial charge in [-0.3, -0.25) is 9.69 Å². The van der Waals surface area contributed by atoms with Gasteiger partial charge in [-0.05, 0) is 82.4 Å². The van der Waals surface area contributed by atoms with Gasteiger partial charge in [-0.1, -0.05) is 17.4 Å². The average Bonchev–Trinajstić information content (AvgIpc) is 3.14. The van der Waals surface area contributed by atoms with Gasteiger partial charge in [0.1, 0.15) is 11.5 Å². The van der Waals surface area contributed by atoms with Crippen LogP contribution in [0.2, 0.25) is 0 Å². The number of carbonyl (C=O) groups excluding carboxylic acids is 1. The van der Waals surface area contributed by atoms with Gasteiger partial charge in [0.25, 0.3) is 0 Å². The number of ether oxygens (including phenoxy) is 1. The van der Waals surface area contributed by atoms with Crippen LogP contribution in [0, 0.1) is 13.8 Å². The Hall–Kier alpha value is -2.49. The van der Waals surface area contributed by atoms with Gasteiger partial charge < -0.3 is 9.64 Å². The third kappa shape index (κ3) is 5.65. The highest BCUT2D eigenvalue weighted by Gasteiger charge is 2.26. The first-order chi connectivity index (χ1) is 15.1. The molecule has 0 spiro atoms. The number of anilines is 1. The van der Waals surface area contributed by atoms with E-state index in [4.69, 9.17) is 4.74 Å². The zero-order chi connectivity index (χ0) is 23.5. The number of amides is 1. The number of carbonyl (C=O) groups is 1. The summed E-state index contributed by atoms with van der Waals surface area (Å²) in [5.41, 5.74) is 3.01. The Morgan fingerprint density at radius 2 is 1.78 bits per heavy atom. The minimum absolute atomic E-state index is 0.0932. The highest BCUT2D eigenvalue weighted by atomic mass is 32.2. The summed E-state index contributed by atoms with van der Waals surface area (Å²) in [7, 11) is 1.63. The van der Waals surface area contributed by atoms with Crippen molar-refractivity contribution in [3.8, 4) is 5.75 Å². The van der Waals surface area contributed by atoms with Gasteiger partial charge in [-0.15, -0.1) is 0 Å². The predicted molar refractivity (Wildman–Crippen MR) is 130 cm³/mol. The number of methoxy groups -OCH3 is 1. The molecule has 0 fully saturated rings. The maximum atomic E-state index is 13.2. The summed E-state index contributed by atoms with van der Waals surface area (Å²) in [4.78, 5) is 21.6. The zero-order valence-corrected chi connectivity index (χ0v) is 20.7. The molecule has 0 aliphatic heterocycles. The average molecular weight is 476 g/mol. The van der Waals surface area contributed by atoms with Gasteiger partial charge in [0.05, 0.1) is 22.2 Å². The Balaban J connectivity index is 1.90. The molecular weight excluding hydrogens is 446 g/mol. The van der Waals surface area contributed by atoms with Crippen LogP contribution in [-0.2, 0) is 14.6 Å².